The molecule has 33 heavy (non-hydrogen) atoms. The predicted octanol–water partition coefficient (Wildman–Crippen LogP) is 2.42. The van der Waals surface area contributed by atoms with Gasteiger partial charge in [0.2, 0.25) is 15.9 Å². The van der Waals surface area contributed by atoms with E-state index < -0.39 is 10.0 Å². The maximum atomic E-state index is 12.7. The number of hydrogen-bond donors (Lipinski definition) is 1. The van der Waals surface area contributed by atoms with Gasteiger partial charge in [-0.1, -0.05) is 42.5 Å². The monoisotopic (exact) mass is 471 g/mol. The van der Waals surface area contributed by atoms with Crippen molar-refractivity contribution in [3.8, 4) is 0 Å². The highest BCUT2D eigenvalue weighted by atomic mass is 32.2. The molecule has 0 bridgehead atoms. The molecule has 178 valence electrons. The van der Waals surface area contributed by atoms with Crippen LogP contribution in [0.2, 0.25) is 0 Å². The van der Waals surface area contributed by atoms with Crippen LogP contribution < -0.4 is 5.32 Å². The van der Waals surface area contributed by atoms with E-state index in [0.29, 0.717) is 44.0 Å². The Morgan fingerprint density at radius 3 is 2.24 bits per heavy atom. The van der Waals surface area contributed by atoms with E-state index in [-0.39, 0.29) is 11.9 Å². The Morgan fingerprint density at radius 2 is 1.58 bits per heavy atom. The molecule has 8 heteroatoms. The Hall–Kier alpha value is -2.26. The largest absolute Gasteiger partial charge is 0.379 e. The van der Waals surface area contributed by atoms with Crippen LogP contribution in [0.15, 0.2) is 59.5 Å². The zero-order chi connectivity index (χ0) is 23.1. The minimum atomic E-state index is -3.48. The number of rotatable bonds is 8. The number of benzene rings is 2. The first-order valence-corrected chi connectivity index (χ1v) is 13.2. The average molecular weight is 472 g/mol. The molecule has 1 N–H and O–H groups in total. The van der Waals surface area contributed by atoms with Gasteiger partial charge in [0.1, 0.15) is 0 Å². The van der Waals surface area contributed by atoms with Crippen LogP contribution in [0.25, 0.3) is 0 Å². The number of piperidine rings is 1. The summed E-state index contributed by atoms with van der Waals surface area (Å²) in [7, 11) is -3.48. The summed E-state index contributed by atoms with van der Waals surface area (Å²) in [5, 5.41) is 3.17. The molecule has 2 heterocycles. The molecule has 2 aromatic rings. The van der Waals surface area contributed by atoms with Crippen molar-refractivity contribution in [3.63, 3.8) is 0 Å². The third-order valence-corrected chi connectivity index (χ3v) is 8.29. The van der Waals surface area contributed by atoms with Crippen molar-refractivity contribution in [2.75, 3.05) is 39.4 Å². The number of morpholine rings is 1. The zero-order valence-electron chi connectivity index (χ0n) is 19.0. The molecule has 0 spiro atoms. The number of amides is 1. The average Bonchev–Trinajstić information content (AvgIpc) is 2.85. The highest BCUT2D eigenvalue weighted by Crippen LogP contribution is 2.19. The van der Waals surface area contributed by atoms with Gasteiger partial charge in [0, 0.05) is 45.2 Å². The minimum absolute atomic E-state index is 0.0570. The Kier molecular flexibility index (Phi) is 8.14. The molecule has 4 rings (SSSR count). The second-order valence-corrected chi connectivity index (χ2v) is 10.7. The molecule has 0 unspecified atom stereocenters. The second kappa shape index (κ2) is 11.2. The molecule has 2 fully saturated rings. The van der Waals surface area contributed by atoms with E-state index in [0.717, 1.165) is 38.0 Å². The maximum absolute atomic E-state index is 12.7. The van der Waals surface area contributed by atoms with Crippen molar-refractivity contribution in [2.24, 2.45) is 0 Å². The van der Waals surface area contributed by atoms with Crippen LogP contribution >= 0.6 is 0 Å². The smallest absolute Gasteiger partial charge is 0.243 e. The van der Waals surface area contributed by atoms with Crippen molar-refractivity contribution in [2.45, 2.75) is 43.2 Å². The molecule has 2 aliphatic heterocycles. The van der Waals surface area contributed by atoms with E-state index in [1.165, 1.54) is 9.87 Å². The van der Waals surface area contributed by atoms with Gasteiger partial charge in [0.05, 0.1) is 18.1 Å². The van der Waals surface area contributed by atoms with Gasteiger partial charge < -0.3 is 10.1 Å². The number of nitrogens with zero attached hydrogens (tertiary/aromatic N) is 2. The molecule has 7 nitrogen and oxygen atoms in total. The molecule has 2 aliphatic rings. The number of hydrogen-bond acceptors (Lipinski definition) is 5. The fourth-order valence-electron chi connectivity index (χ4n) is 4.40. The predicted molar refractivity (Wildman–Crippen MR) is 127 cm³/mol. The van der Waals surface area contributed by atoms with Crippen LogP contribution in [0.1, 0.15) is 30.4 Å². The van der Waals surface area contributed by atoms with Gasteiger partial charge in [0.15, 0.2) is 0 Å². The molecule has 1 amide bonds. The van der Waals surface area contributed by atoms with Crippen LogP contribution in [0.3, 0.4) is 0 Å². The lowest BCUT2D eigenvalue weighted by atomic mass is 10.0. The highest BCUT2D eigenvalue weighted by Gasteiger charge is 2.26. The van der Waals surface area contributed by atoms with Gasteiger partial charge in [-0.2, -0.15) is 4.31 Å². The molecule has 0 aliphatic carbocycles. The topological polar surface area (TPSA) is 79.0 Å². The van der Waals surface area contributed by atoms with Crippen LogP contribution in [0.5, 0.6) is 0 Å². The van der Waals surface area contributed by atoms with Crippen molar-refractivity contribution in [1.29, 1.82) is 0 Å². The number of carbonyl (C=O) groups is 1. The fraction of sp³-hybridized carbons (Fsp3) is 0.480. The number of ether oxygens (including phenoxy) is 1. The summed E-state index contributed by atoms with van der Waals surface area (Å²) in [4.78, 5) is 15.2. The molecule has 0 aromatic heterocycles. The SMILES string of the molecule is O=C(CCc1ccc(S(=O)(=O)N2CCOCC2)cc1)NC1CCN(Cc2ccccc2)CC1. The normalized spacial score (nSPS) is 18.8. The summed E-state index contributed by atoms with van der Waals surface area (Å²) in [5.74, 6) is 0.0570. The number of carbonyl (C=O) groups excluding carboxylic acids is 1. The Labute approximate surface area is 196 Å². The molecule has 2 saturated heterocycles. The fourth-order valence-corrected chi connectivity index (χ4v) is 5.81. The van der Waals surface area contributed by atoms with Crippen molar-refractivity contribution >= 4 is 15.9 Å². The Bertz CT molecular complexity index is 998. The lowest BCUT2D eigenvalue weighted by Gasteiger charge is -2.32. The number of likely N-dealkylation sites (tertiary alicyclic amines) is 1. The van der Waals surface area contributed by atoms with Gasteiger partial charge in [0.25, 0.3) is 0 Å². The molecular formula is C25H33N3O4S. The number of aryl methyl sites for hydroxylation is 1. The van der Waals surface area contributed by atoms with E-state index >= 15 is 0 Å². The second-order valence-electron chi connectivity index (χ2n) is 8.76. The van der Waals surface area contributed by atoms with Crippen molar-refractivity contribution in [3.05, 3.63) is 65.7 Å². The summed E-state index contributed by atoms with van der Waals surface area (Å²) < 4.78 is 32.1. The van der Waals surface area contributed by atoms with E-state index in [2.05, 4.69) is 34.5 Å². The van der Waals surface area contributed by atoms with E-state index in [1.54, 1.807) is 12.1 Å². The molecule has 2 aromatic carbocycles. The lowest BCUT2D eigenvalue weighted by molar-refractivity contribution is -0.122. The number of sulfonamides is 1. The summed E-state index contributed by atoms with van der Waals surface area (Å²) in [5.41, 5.74) is 2.28. The van der Waals surface area contributed by atoms with Crippen molar-refractivity contribution < 1.29 is 17.9 Å². The zero-order valence-corrected chi connectivity index (χ0v) is 19.8. The number of nitrogens with one attached hydrogen (secondary N) is 1. The first-order valence-electron chi connectivity index (χ1n) is 11.7. The van der Waals surface area contributed by atoms with Crippen LogP contribution in [0.4, 0.5) is 0 Å². The van der Waals surface area contributed by atoms with Gasteiger partial charge in [-0.15, -0.1) is 0 Å². The first-order chi connectivity index (χ1) is 16.0. The summed E-state index contributed by atoms with van der Waals surface area (Å²) in [6.45, 7) is 4.55. The first kappa shape index (κ1) is 23.9. The van der Waals surface area contributed by atoms with E-state index in [9.17, 15) is 13.2 Å². The Balaban J connectivity index is 1.19. The maximum Gasteiger partial charge on any atom is 0.243 e. The van der Waals surface area contributed by atoms with Gasteiger partial charge >= 0.3 is 0 Å². The summed E-state index contributed by atoms with van der Waals surface area (Å²) in [6.07, 6.45) is 2.93. The molecule has 0 atom stereocenters. The van der Waals surface area contributed by atoms with Crippen LogP contribution in [-0.2, 0) is 32.5 Å². The Morgan fingerprint density at radius 1 is 0.909 bits per heavy atom. The summed E-state index contributed by atoms with van der Waals surface area (Å²) in [6, 6.07) is 17.6. The highest BCUT2D eigenvalue weighted by molar-refractivity contribution is 7.89. The van der Waals surface area contributed by atoms with Crippen molar-refractivity contribution in [1.82, 2.24) is 14.5 Å². The van der Waals surface area contributed by atoms with Gasteiger partial charge in [-0.25, -0.2) is 8.42 Å². The van der Waals surface area contributed by atoms with Gasteiger partial charge in [-0.05, 0) is 42.5 Å². The van der Waals surface area contributed by atoms with E-state index in [1.807, 2.05) is 18.2 Å². The van der Waals surface area contributed by atoms with Crippen LogP contribution in [-0.4, -0.2) is 69.0 Å². The van der Waals surface area contributed by atoms with Gasteiger partial charge in [-0.3, -0.25) is 9.69 Å². The lowest BCUT2D eigenvalue weighted by Crippen LogP contribution is -2.44. The third kappa shape index (κ3) is 6.63. The van der Waals surface area contributed by atoms with Crippen LogP contribution in [0, 0.1) is 0 Å². The third-order valence-electron chi connectivity index (χ3n) is 6.37. The quantitative estimate of drug-likeness (QED) is 0.640. The van der Waals surface area contributed by atoms with E-state index in [4.69, 9.17) is 4.74 Å². The minimum Gasteiger partial charge on any atom is -0.379 e. The molecular weight excluding hydrogens is 438 g/mol. The molecule has 0 saturated carbocycles. The summed E-state index contributed by atoms with van der Waals surface area (Å²) >= 11 is 0. The molecule has 0 radical (unpaired) electrons. The standard InChI is InChI=1S/C25H33N3O4S/c29-25(26-23-12-14-27(15-13-23)20-22-4-2-1-3-5-22)11-8-21-6-9-24(10-7-21)33(30,31)28-16-18-32-19-17-28/h1-7,9-10,23H,8,11-20H2,(H,26,29).